The van der Waals surface area contributed by atoms with Crippen LogP contribution >= 0.6 is 0 Å². The summed E-state index contributed by atoms with van der Waals surface area (Å²) in [6.07, 6.45) is 5.08. The molecule has 0 aliphatic carbocycles. The van der Waals surface area contributed by atoms with Gasteiger partial charge in [-0.3, -0.25) is 29.9 Å². The average Bonchev–Trinajstić information content (AvgIpc) is 2.99. The number of rotatable bonds is 10. The Morgan fingerprint density at radius 1 is 1.33 bits per heavy atom. The van der Waals surface area contributed by atoms with E-state index in [2.05, 4.69) is 6.92 Å². The summed E-state index contributed by atoms with van der Waals surface area (Å²) in [7, 11) is 0. The standard InChI is InChI=1S/C15H21N3O6/c1-2-3-4-6-12(9-13(19)14-7-5-8-24-14)16-10-15(11-16,17(20)21)18(22)23/h5,7-8,12H,2-4,6,9-11H2,1H3/t12-/m1/s1. The molecule has 132 valence electrons. The van der Waals surface area contributed by atoms with Gasteiger partial charge in [0.2, 0.25) is 0 Å². The lowest BCUT2D eigenvalue weighted by Gasteiger charge is -2.41. The molecule has 2 heterocycles. The summed E-state index contributed by atoms with van der Waals surface area (Å²) in [6.45, 7) is 1.52. The number of nitrogens with zero attached hydrogens (tertiary/aromatic N) is 3. The molecule has 1 aliphatic heterocycles. The van der Waals surface area contributed by atoms with Crippen molar-refractivity contribution in [2.75, 3.05) is 13.1 Å². The highest BCUT2D eigenvalue weighted by atomic mass is 16.7. The second-order valence-electron chi connectivity index (χ2n) is 6.16. The lowest BCUT2D eigenvalue weighted by Crippen LogP contribution is -2.72. The number of nitro groups is 2. The maximum absolute atomic E-state index is 12.2. The topological polar surface area (TPSA) is 120 Å². The highest BCUT2D eigenvalue weighted by Gasteiger charge is 2.67. The van der Waals surface area contributed by atoms with Crippen LogP contribution in [0.4, 0.5) is 0 Å². The molecule has 0 unspecified atom stereocenters. The van der Waals surface area contributed by atoms with E-state index < -0.39 is 15.5 Å². The molecule has 0 aromatic carbocycles. The molecule has 0 radical (unpaired) electrons. The summed E-state index contributed by atoms with van der Waals surface area (Å²) in [4.78, 5) is 34.3. The predicted molar refractivity (Wildman–Crippen MR) is 83.9 cm³/mol. The molecule has 1 fully saturated rings. The van der Waals surface area contributed by atoms with Gasteiger partial charge in [0.25, 0.3) is 0 Å². The second-order valence-corrected chi connectivity index (χ2v) is 6.16. The van der Waals surface area contributed by atoms with Crippen molar-refractivity contribution in [3.63, 3.8) is 0 Å². The van der Waals surface area contributed by atoms with Crippen molar-refractivity contribution in [1.29, 1.82) is 0 Å². The van der Waals surface area contributed by atoms with Gasteiger partial charge in [-0.25, -0.2) is 0 Å². The Kier molecular flexibility index (Phi) is 5.66. The van der Waals surface area contributed by atoms with E-state index >= 15 is 0 Å². The molecule has 9 heteroatoms. The van der Waals surface area contributed by atoms with Crippen LogP contribution in [0.3, 0.4) is 0 Å². The van der Waals surface area contributed by atoms with Crippen LogP contribution in [-0.4, -0.2) is 45.3 Å². The Balaban J connectivity index is 2.03. The number of carbonyl (C=O) groups is 1. The van der Waals surface area contributed by atoms with Crippen LogP contribution in [-0.2, 0) is 0 Å². The van der Waals surface area contributed by atoms with E-state index in [1.165, 1.54) is 6.26 Å². The van der Waals surface area contributed by atoms with Gasteiger partial charge in [-0.05, 0) is 18.6 Å². The summed E-state index contributed by atoms with van der Waals surface area (Å²) in [5.41, 5.74) is -2.14. The molecule has 24 heavy (non-hydrogen) atoms. The van der Waals surface area contributed by atoms with E-state index in [1.54, 1.807) is 17.0 Å². The molecule has 1 aromatic rings. The van der Waals surface area contributed by atoms with Gasteiger partial charge in [-0.1, -0.05) is 26.2 Å². The van der Waals surface area contributed by atoms with Crippen molar-refractivity contribution in [2.45, 2.75) is 50.7 Å². The van der Waals surface area contributed by atoms with Crippen LogP contribution in [0.15, 0.2) is 22.8 Å². The lowest BCUT2D eigenvalue weighted by atomic mass is 9.93. The first-order valence-corrected chi connectivity index (χ1v) is 8.00. The minimum absolute atomic E-state index is 0.142. The fraction of sp³-hybridized carbons (Fsp3) is 0.667. The van der Waals surface area contributed by atoms with Crippen molar-refractivity contribution < 1.29 is 19.1 Å². The van der Waals surface area contributed by atoms with Crippen LogP contribution < -0.4 is 0 Å². The third-order valence-corrected chi connectivity index (χ3v) is 4.47. The Hall–Kier alpha value is -2.29. The van der Waals surface area contributed by atoms with Crippen LogP contribution in [0.2, 0.25) is 0 Å². The first kappa shape index (κ1) is 18.1. The van der Waals surface area contributed by atoms with Gasteiger partial charge < -0.3 is 4.42 Å². The van der Waals surface area contributed by atoms with E-state index in [0.29, 0.717) is 6.42 Å². The third kappa shape index (κ3) is 3.61. The first-order valence-electron chi connectivity index (χ1n) is 8.00. The first-order chi connectivity index (χ1) is 11.4. The zero-order chi connectivity index (χ0) is 17.7. The summed E-state index contributed by atoms with van der Waals surface area (Å²) in [5, 5.41) is 22.1. The molecule has 0 amide bonds. The molecular weight excluding hydrogens is 318 g/mol. The van der Waals surface area contributed by atoms with Crippen molar-refractivity contribution in [3.05, 3.63) is 44.4 Å². The fourth-order valence-electron chi connectivity index (χ4n) is 2.96. The number of likely N-dealkylation sites (tertiary alicyclic amines) is 1. The highest BCUT2D eigenvalue weighted by Crippen LogP contribution is 2.30. The monoisotopic (exact) mass is 339 g/mol. The Morgan fingerprint density at radius 3 is 2.50 bits per heavy atom. The number of unbranched alkanes of at least 4 members (excludes halogenated alkanes) is 2. The number of hydrogen-bond donors (Lipinski definition) is 0. The van der Waals surface area contributed by atoms with E-state index in [-0.39, 0.29) is 37.1 Å². The van der Waals surface area contributed by atoms with E-state index in [1.807, 2.05) is 0 Å². The normalized spacial score (nSPS) is 17.9. The minimum Gasteiger partial charge on any atom is -0.461 e. The van der Waals surface area contributed by atoms with Gasteiger partial charge in [-0.15, -0.1) is 0 Å². The minimum atomic E-state index is -2.14. The van der Waals surface area contributed by atoms with Gasteiger partial charge in [0.15, 0.2) is 11.5 Å². The van der Waals surface area contributed by atoms with Gasteiger partial charge >= 0.3 is 5.66 Å². The number of ketones is 1. The summed E-state index contributed by atoms with van der Waals surface area (Å²) < 4.78 is 5.09. The maximum Gasteiger partial charge on any atom is 0.482 e. The molecule has 1 aromatic heterocycles. The molecule has 1 saturated heterocycles. The zero-order valence-electron chi connectivity index (χ0n) is 13.6. The van der Waals surface area contributed by atoms with Gasteiger partial charge in [0, 0.05) is 12.5 Å². The number of carbonyl (C=O) groups excluding carboxylic acids is 1. The molecular formula is C15H21N3O6. The fourth-order valence-corrected chi connectivity index (χ4v) is 2.96. The molecule has 0 N–H and O–H groups in total. The Morgan fingerprint density at radius 2 is 2.00 bits per heavy atom. The van der Waals surface area contributed by atoms with Crippen molar-refractivity contribution in [1.82, 2.24) is 4.90 Å². The zero-order valence-corrected chi connectivity index (χ0v) is 13.6. The van der Waals surface area contributed by atoms with Crippen molar-refractivity contribution in [2.24, 2.45) is 0 Å². The van der Waals surface area contributed by atoms with E-state index in [0.717, 1.165) is 19.3 Å². The smallest absolute Gasteiger partial charge is 0.461 e. The number of Topliss-reactive ketones (excluding diaryl/α,β-unsaturated/α-hetero) is 1. The Bertz CT molecular complexity index is 578. The predicted octanol–water partition coefficient (Wildman–Crippen LogP) is 2.37. The SMILES string of the molecule is CCCCC[C@H](CC(=O)c1ccco1)N1CC([N+](=O)[O-])([N+](=O)[O-])C1. The third-order valence-electron chi connectivity index (χ3n) is 4.47. The highest BCUT2D eigenvalue weighted by molar-refractivity contribution is 5.93. The van der Waals surface area contributed by atoms with Gasteiger partial charge in [-0.2, -0.15) is 0 Å². The molecule has 0 saturated carbocycles. The molecule has 1 aliphatic rings. The van der Waals surface area contributed by atoms with E-state index in [9.17, 15) is 25.0 Å². The van der Waals surface area contributed by atoms with E-state index in [4.69, 9.17) is 4.42 Å². The van der Waals surface area contributed by atoms with Gasteiger partial charge in [0.1, 0.15) is 22.9 Å². The molecule has 2 rings (SSSR count). The number of furan rings is 1. The number of hydrogen-bond acceptors (Lipinski definition) is 7. The summed E-state index contributed by atoms with van der Waals surface area (Å²) in [5.74, 6) is 0.0482. The van der Waals surface area contributed by atoms with Gasteiger partial charge in [0.05, 0.1) is 6.26 Å². The van der Waals surface area contributed by atoms with Crippen LogP contribution in [0.5, 0.6) is 0 Å². The molecule has 9 nitrogen and oxygen atoms in total. The molecule has 0 bridgehead atoms. The van der Waals surface area contributed by atoms with Crippen LogP contribution in [0, 0.1) is 20.2 Å². The summed E-state index contributed by atoms with van der Waals surface area (Å²) >= 11 is 0. The maximum atomic E-state index is 12.2. The molecule has 1 atom stereocenters. The van der Waals surface area contributed by atoms with Crippen molar-refractivity contribution in [3.8, 4) is 0 Å². The Labute approximate surface area is 138 Å². The van der Waals surface area contributed by atoms with Crippen LogP contribution in [0.1, 0.15) is 49.6 Å². The average molecular weight is 339 g/mol. The van der Waals surface area contributed by atoms with Crippen LogP contribution in [0.25, 0.3) is 0 Å². The largest absolute Gasteiger partial charge is 0.482 e. The second kappa shape index (κ2) is 7.52. The van der Waals surface area contributed by atoms with Crippen molar-refractivity contribution >= 4 is 5.78 Å². The molecule has 0 spiro atoms. The quantitative estimate of drug-likeness (QED) is 0.211. The summed E-state index contributed by atoms with van der Waals surface area (Å²) in [6, 6.07) is 2.94. The lowest BCUT2D eigenvalue weighted by molar-refractivity contribution is -0.811.